The largest absolute Gasteiger partial charge is 0.391 e. The first-order valence-electron chi connectivity index (χ1n) is 31.4. The molecule has 0 radical (unpaired) electrons. The number of aryl methyl sites for hydroxylation is 1. The average molecular weight is 1280 g/mol. The number of fused-ring (bicyclic) bond motifs is 2. The van der Waals surface area contributed by atoms with Gasteiger partial charge in [0.25, 0.3) is 11.8 Å². The first-order chi connectivity index (χ1) is 43.1. The van der Waals surface area contributed by atoms with Crippen LogP contribution >= 0.6 is 22.7 Å². The number of urea groups is 1. The Morgan fingerprint density at radius 1 is 0.822 bits per heavy atom. The molecule has 4 aliphatic heterocycles. The molecule has 4 aromatic heterocycles. The number of aliphatic hydroxyl groups is 1. The molecule has 4 fully saturated rings. The molecule has 3 aromatic carbocycles. The third-order valence-electron chi connectivity index (χ3n) is 18.8. The molecule has 21 nitrogen and oxygen atoms in total. The maximum atomic E-state index is 14.8. The van der Waals surface area contributed by atoms with Gasteiger partial charge in [-0.05, 0) is 130 Å². The average Bonchev–Trinajstić information content (AvgIpc) is 1.43. The van der Waals surface area contributed by atoms with Crippen molar-refractivity contribution >= 4 is 83.5 Å². The molecular formula is C66H79N13O8S3. The number of carbonyl (C=O) groups is 5. The van der Waals surface area contributed by atoms with Gasteiger partial charge in [-0.25, -0.2) is 32.9 Å². The van der Waals surface area contributed by atoms with Gasteiger partial charge in [0.15, 0.2) is 5.13 Å². The van der Waals surface area contributed by atoms with Crippen molar-refractivity contribution in [3.63, 3.8) is 0 Å². The summed E-state index contributed by atoms with van der Waals surface area (Å²) in [4.78, 5) is 93.3. The van der Waals surface area contributed by atoms with E-state index in [0.29, 0.717) is 79.2 Å². The van der Waals surface area contributed by atoms with Crippen LogP contribution in [0.15, 0.2) is 90.6 Å². The molecule has 474 valence electrons. The number of aromatic nitrogens is 5. The van der Waals surface area contributed by atoms with Crippen LogP contribution in [0.5, 0.6) is 0 Å². The number of para-hydroxylation sites is 1. The maximum absolute atomic E-state index is 14.8. The quantitative estimate of drug-likeness (QED) is 0.0606. The van der Waals surface area contributed by atoms with Crippen molar-refractivity contribution in [3.8, 4) is 21.6 Å². The van der Waals surface area contributed by atoms with Gasteiger partial charge in [0.2, 0.25) is 21.8 Å². The summed E-state index contributed by atoms with van der Waals surface area (Å²) in [5.74, 6) is -1.02. The van der Waals surface area contributed by atoms with Gasteiger partial charge < -0.3 is 30.4 Å². The van der Waals surface area contributed by atoms with Crippen LogP contribution in [0, 0.1) is 25.2 Å². The molecular weight excluding hydrogens is 1200 g/mol. The fourth-order valence-electron chi connectivity index (χ4n) is 13.5. The number of piperidine rings is 1. The molecule has 3 saturated heterocycles. The van der Waals surface area contributed by atoms with Crippen LogP contribution in [0.2, 0.25) is 0 Å². The molecule has 7 aromatic rings. The fourth-order valence-corrected chi connectivity index (χ4v) is 16.5. The van der Waals surface area contributed by atoms with Gasteiger partial charge in [0.1, 0.15) is 23.6 Å². The van der Waals surface area contributed by atoms with E-state index >= 15 is 0 Å². The molecule has 5 N–H and O–H groups in total. The summed E-state index contributed by atoms with van der Waals surface area (Å²) in [6.07, 6.45) is 7.83. The van der Waals surface area contributed by atoms with Crippen molar-refractivity contribution < 1.29 is 37.5 Å². The first kappa shape index (κ1) is 62.5. The Balaban J connectivity index is 0.681. The number of hydrogen-bond acceptors (Lipinski definition) is 16. The van der Waals surface area contributed by atoms with Crippen molar-refractivity contribution in [3.05, 3.63) is 130 Å². The number of hydrogen-bond donors (Lipinski definition) is 5. The Morgan fingerprint density at radius 2 is 1.58 bits per heavy atom. The molecule has 4 atom stereocenters. The second-order valence-electron chi connectivity index (χ2n) is 26.0. The zero-order chi connectivity index (χ0) is 63.2. The number of rotatable bonds is 16. The van der Waals surface area contributed by atoms with Gasteiger partial charge in [0.05, 0.1) is 49.9 Å². The molecule has 90 heavy (non-hydrogen) atoms. The van der Waals surface area contributed by atoms with E-state index in [4.69, 9.17) is 10.1 Å². The summed E-state index contributed by atoms with van der Waals surface area (Å²) >= 11 is 2.97. The summed E-state index contributed by atoms with van der Waals surface area (Å²) < 4.78 is 34.2. The van der Waals surface area contributed by atoms with Gasteiger partial charge >= 0.3 is 6.03 Å². The number of nitrogens with zero attached hydrogens (tertiary/aromatic N) is 9. The Kier molecular flexibility index (Phi) is 18.0. The van der Waals surface area contributed by atoms with Gasteiger partial charge in [-0.1, -0.05) is 99.9 Å². The lowest BCUT2D eigenvalue weighted by atomic mass is 9.85. The number of sulfonamides is 1. The number of anilines is 2. The van der Waals surface area contributed by atoms with Crippen molar-refractivity contribution in [2.45, 2.75) is 148 Å². The Bertz CT molecular complexity index is 3920. The van der Waals surface area contributed by atoms with Crippen LogP contribution < -0.4 is 25.6 Å². The van der Waals surface area contributed by atoms with Crippen LogP contribution in [0.1, 0.15) is 134 Å². The molecule has 1 aliphatic carbocycles. The van der Waals surface area contributed by atoms with Crippen LogP contribution in [-0.2, 0) is 39.1 Å². The van der Waals surface area contributed by atoms with Gasteiger partial charge in [-0.2, -0.15) is 5.10 Å². The lowest BCUT2D eigenvalue weighted by molar-refractivity contribution is -0.142. The summed E-state index contributed by atoms with van der Waals surface area (Å²) in [5.41, 5.74) is 9.04. The van der Waals surface area contributed by atoms with Crippen molar-refractivity contribution in [1.29, 1.82) is 0 Å². The highest BCUT2D eigenvalue weighted by molar-refractivity contribution is 7.90. The highest BCUT2D eigenvalue weighted by Crippen LogP contribution is 2.36. The highest BCUT2D eigenvalue weighted by Gasteiger charge is 2.47. The van der Waals surface area contributed by atoms with E-state index in [1.165, 1.54) is 35.5 Å². The number of β-amino-alcohol motifs (C(OH)–C–C–N with tert-alkyl or cyclic N) is 1. The number of carbonyl (C=O) groups excluding carboxylic acids is 5. The van der Waals surface area contributed by atoms with E-state index in [-0.39, 0.29) is 49.5 Å². The topological polar surface area (TPSA) is 257 Å². The SMILES string of the molecule is Cc1ncsc1-c1ccc([C@H](C)NC(=O)[C@@H]2C[C@@H](O)CN2C(=O)[C@@H](NC(=O)N2CC(N3CCC(S(=O)(=O)NC(=O)c4nc(N5CCc6cccc(C(=O)Nc7nc8ccccc8s7)c6C5)ccc4-c4cnn(CC5CCCCC5)c4C)CC3)C2)C(C)(C)C)cc1. The van der Waals surface area contributed by atoms with E-state index in [9.17, 15) is 37.5 Å². The second-order valence-corrected chi connectivity index (χ2v) is 29.8. The van der Waals surface area contributed by atoms with E-state index in [1.807, 2.05) is 129 Å². The standard InChI is InChI=1S/C66H79N13O8S3/c1-39(43-19-21-45(22-20-43)58-40(2)67-38-88-58)69-61(82)54-31-47(80)36-78(54)63(84)59(66(4,5)6)72-65(85)77-34-46(35-77)75-29-26-48(27-30-75)90(86,87)74-62(83)57-49(51-32-68-79(41(51)3)33-42-13-8-7-9-14-42)23-24-56(71-57)76-28-25-44-15-12-16-50(52(44)37-76)60(81)73-64-70-53-17-10-11-18-55(53)89-64/h10-12,15-24,32,38-39,42,46-48,54,59,80H,7-9,13-14,25-31,33-37H2,1-6H3,(H,69,82)(H,72,85)(H,74,83)(H,70,73,81)/t39-,47+,54-,59+/m0/s1. The lowest BCUT2D eigenvalue weighted by Crippen LogP contribution is -2.67. The Morgan fingerprint density at radius 3 is 2.30 bits per heavy atom. The van der Waals surface area contributed by atoms with Crippen molar-refractivity contribution in [2.75, 3.05) is 49.5 Å². The van der Waals surface area contributed by atoms with E-state index in [2.05, 4.69) is 35.5 Å². The van der Waals surface area contributed by atoms with Gasteiger partial charge in [-0.3, -0.25) is 34.1 Å². The molecule has 6 amide bonds. The maximum Gasteiger partial charge on any atom is 0.318 e. The fraction of sp³-hybridized carbons (Fsp3) is 0.470. The predicted octanol–water partition coefficient (Wildman–Crippen LogP) is 8.86. The second kappa shape index (κ2) is 25.9. The monoisotopic (exact) mass is 1280 g/mol. The minimum Gasteiger partial charge on any atom is -0.391 e. The summed E-state index contributed by atoms with van der Waals surface area (Å²) in [7, 11) is -4.23. The number of pyridine rings is 1. The summed E-state index contributed by atoms with van der Waals surface area (Å²) in [6, 6.07) is 22.2. The van der Waals surface area contributed by atoms with E-state index < -0.39 is 62.6 Å². The molecule has 8 heterocycles. The number of likely N-dealkylation sites (tertiary alicyclic amines) is 3. The number of nitrogens with one attached hydrogen (secondary N) is 4. The third kappa shape index (κ3) is 13.3. The van der Waals surface area contributed by atoms with Gasteiger partial charge in [0, 0.05) is 74.1 Å². The Hall–Kier alpha value is -7.64. The number of thiazole rings is 2. The minimum absolute atomic E-state index is 0.0427. The summed E-state index contributed by atoms with van der Waals surface area (Å²) in [5, 5.41) is 24.3. The van der Waals surface area contributed by atoms with Crippen LogP contribution in [0.25, 0.3) is 31.8 Å². The van der Waals surface area contributed by atoms with E-state index in [1.54, 1.807) is 28.5 Å². The smallest absolute Gasteiger partial charge is 0.318 e. The van der Waals surface area contributed by atoms with E-state index in [0.717, 1.165) is 68.1 Å². The molecule has 0 unspecified atom stereocenters. The predicted molar refractivity (Wildman–Crippen MR) is 349 cm³/mol. The molecule has 24 heteroatoms. The van der Waals surface area contributed by atoms with Crippen LogP contribution in [-0.4, -0.2) is 151 Å². The van der Waals surface area contributed by atoms with Crippen LogP contribution in [0.4, 0.5) is 15.7 Å². The number of amides is 6. The highest BCUT2D eigenvalue weighted by atomic mass is 32.2. The van der Waals surface area contributed by atoms with Gasteiger partial charge in [-0.15, -0.1) is 11.3 Å². The number of benzene rings is 3. The lowest BCUT2D eigenvalue weighted by Gasteiger charge is -2.48. The Labute approximate surface area is 533 Å². The minimum atomic E-state index is -4.23. The zero-order valence-electron chi connectivity index (χ0n) is 51.8. The molecule has 0 bridgehead atoms. The number of aliphatic hydroxyl groups excluding tert-OH is 1. The zero-order valence-corrected chi connectivity index (χ0v) is 54.2. The summed E-state index contributed by atoms with van der Waals surface area (Å²) in [6.45, 7) is 14.4. The third-order valence-corrected chi connectivity index (χ3v) is 22.6. The van der Waals surface area contributed by atoms with Crippen molar-refractivity contribution in [2.24, 2.45) is 11.3 Å². The van der Waals surface area contributed by atoms with Crippen molar-refractivity contribution in [1.82, 2.24) is 54.8 Å². The normalized spacial score (nSPS) is 19.5. The molecule has 12 rings (SSSR count). The molecule has 5 aliphatic rings. The first-order valence-corrected chi connectivity index (χ1v) is 34.6. The molecule has 0 spiro atoms. The molecule has 1 saturated carbocycles. The van der Waals surface area contributed by atoms with Crippen LogP contribution in [0.3, 0.4) is 0 Å².